The summed E-state index contributed by atoms with van der Waals surface area (Å²) in [5.74, 6) is 0.740. The highest BCUT2D eigenvalue weighted by molar-refractivity contribution is 5.81. The van der Waals surface area contributed by atoms with Gasteiger partial charge in [0.1, 0.15) is 0 Å². The van der Waals surface area contributed by atoms with Crippen LogP contribution in [0.5, 0.6) is 0 Å². The van der Waals surface area contributed by atoms with Crippen LogP contribution in [0.25, 0.3) is 0 Å². The Balaban J connectivity index is 1.95. The molecular weight excluding hydrogens is 316 g/mol. The van der Waals surface area contributed by atoms with Crippen molar-refractivity contribution in [2.45, 2.75) is 40.0 Å². The first-order valence-corrected chi connectivity index (χ1v) is 9.25. The van der Waals surface area contributed by atoms with E-state index in [4.69, 9.17) is 9.73 Å². The number of aromatic nitrogens is 1. The summed E-state index contributed by atoms with van der Waals surface area (Å²) in [6.45, 7) is 9.45. The number of ether oxygens (including phenoxy) is 1. The van der Waals surface area contributed by atoms with E-state index in [2.05, 4.69) is 28.2 Å². The van der Waals surface area contributed by atoms with Crippen molar-refractivity contribution in [2.75, 3.05) is 32.8 Å². The van der Waals surface area contributed by atoms with Crippen LogP contribution in [0.3, 0.4) is 0 Å². The van der Waals surface area contributed by atoms with Crippen LogP contribution in [-0.2, 0) is 16.0 Å². The van der Waals surface area contributed by atoms with Crippen molar-refractivity contribution in [3.63, 3.8) is 0 Å². The van der Waals surface area contributed by atoms with Crippen LogP contribution in [0, 0.1) is 12.8 Å². The van der Waals surface area contributed by atoms with Crippen LogP contribution < -0.4 is 5.32 Å². The second-order valence-corrected chi connectivity index (χ2v) is 6.33. The number of hydrogen-bond acceptors (Lipinski definition) is 4. The molecule has 0 amide bonds. The lowest BCUT2D eigenvalue weighted by molar-refractivity contribution is -0.149. The van der Waals surface area contributed by atoms with Crippen molar-refractivity contribution in [2.24, 2.45) is 10.9 Å². The first-order chi connectivity index (χ1) is 12.1. The van der Waals surface area contributed by atoms with E-state index in [9.17, 15) is 4.79 Å². The van der Waals surface area contributed by atoms with Crippen LogP contribution in [-0.4, -0.2) is 54.6 Å². The molecule has 0 aromatic carbocycles. The topological polar surface area (TPSA) is 66.8 Å². The minimum absolute atomic E-state index is 0.0566. The lowest BCUT2D eigenvalue weighted by Gasteiger charge is -2.34. The van der Waals surface area contributed by atoms with Crippen LogP contribution in [0.2, 0.25) is 0 Å². The number of piperidine rings is 1. The molecule has 1 saturated heterocycles. The molecule has 25 heavy (non-hydrogen) atoms. The number of hydrogen-bond donors (Lipinski definition) is 1. The van der Waals surface area contributed by atoms with E-state index in [1.165, 1.54) is 5.56 Å². The fraction of sp³-hybridized carbons (Fsp3) is 0.632. The fourth-order valence-electron chi connectivity index (χ4n) is 2.99. The maximum absolute atomic E-state index is 12.0. The van der Waals surface area contributed by atoms with Crippen molar-refractivity contribution in [1.29, 1.82) is 0 Å². The maximum Gasteiger partial charge on any atom is 0.310 e. The van der Waals surface area contributed by atoms with E-state index < -0.39 is 0 Å². The Hall–Kier alpha value is -2.11. The van der Waals surface area contributed by atoms with Gasteiger partial charge in [-0.15, -0.1) is 0 Å². The second kappa shape index (κ2) is 10.0. The van der Waals surface area contributed by atoms with Crippen molar-refractivity contribution in [3.8, 4) is 0 Å². The molecule has 0 aliphatic carbocycles. The van der Waals surface area contributed by atoms with E-state index in [1.54, 1.807) is 0 Å². The summed E-state index contributed by atoms with van der Waals surface area (Å²) in [7, 11) is 0. The zero-order chi connectivity index (χ0) is 18.1. The molecule has 0 radical (unpaired) electrons. The monoisotopic (exact) mass is 346 g/mol. The molecule has 1 unspecified atom stereocenters. The number of aryl methyl sites for hydroxylation is 1. The van der Waals surface area contributed by atoms with Gasteiger partial charge < -0.3 is 15.0 Å². The van der Waals surface area contributed by atoms with Crippen LogP contribution in [0.1, 0.15) is 37.9 Å². The summed E-state index contributed by atoms with van der Waals surface area (Å²) in [6.07, 6.45) is 4.65. The molecule has 6 nitrogen and oxygen atoms in total. The van der Waals surface area contributed by atoms with Gasteiger partial charge >= 0.3 is 5.97 Å². The van der Waals surface area contributed by atoms with Crippen LogP contribution in [0.4, 0.5) is 0 Å². The van der Waals surface area contributed by atoms with Gasteiger partial charge in [-0.3, -0.25) is 14.8 Å². The Kier molecular flexibility index (Phi) is 7.70. The Labute approximate surface area is 150 Å². The highest BCUT2D eigenvalue weighted by Gasteiger charge is 2.28. The van der Waals surface area contributed by atoms with Gasteiger partial charge in [-0.1, -0.05) is 6.07 Å². The molecule has 0 saturated carbocycles. The Morgan fingerprint density at radius 1 is 1.44 bits per heavy atom. The summed E-state index contributed by atoms with van der Waals surface area (Å²) in [6, 6.07) is 4.13. The van der Waals surface area contributed by atoms with Gasteiger partial charge in [-0.2, -0.15) is 0 Å². The van der Waals surface area contributed by atoms with Crippen LogP contribution >= 0.6 is 0 Å². The van der Waals surface area contributed by atoms with E-state index in [1.807, 2.05) is 26.1 Å². The lowest BCUT2D eigenvalue weighted by Crippen LogP contribution is -2.48. The second-order valence-electron chi connectivity index (χ2n) is 6.33. The highest BCUT2D eigenvalue weighted by atomic mass is 16.5. The predicted octanol–water partition coefficient (Wildman–Crippen LogP) is 2.17. The average molecular weight is 346 g/mol. The first kappa shape index (κ1) is 19.2. The predicted molar refractivity (Wildman–Crippen MR) is 99.6 cm³/mol. The number of nitrogens with zero attached hydrogens (tertiary/aromatic N) is 3. The maximum atomic E-state index is 12.0. The van der Waals surface area contributed by atoms with Gasteiger partial charge in [0.25, 0.3) is 0 Å². The summed E-state index contributed by atoms with van der Waals surface area (Å²) in [4.78, 5) is 23.3. The van der Waals surface area contributed by atoms with Gasteiger partial charge in [0.15, 0.2) is 5.96 Å². The van der Waals surface area contributed by atoms with Gasteiger partial charge in [0.2, 0.25) is 0 Å². The van der Waals surface area contributed by atoms with E-state index >= 15 is 0 Å². The lowest BCUT2D eigenvalue weighted by atomic mass is 9.98. The third-order valence-electron chi connectivity index (χ3n) is 4.31. The normalized spacial score (nSPS) is 18.1. The molecule has 1 N–H and O–H groups in total. The number of guanidine groups is 1. The molecule has 1 atom stereocenters. The number of nitrogens with one attached hydrogen (secondary N) is 1. The summed E-state index contributed by atoms with van der Waals surface area (Å²) in [5, 5.41) is 3.35. The third kappa shape index (κ3) is 6.03. The molecule has 2 heterocycles. The van der Waals surface area contributed by atoms with E-state index in [0.717, 1.165) is 44.0 Å². The molecule has 0 spiro atoms. The summed E-state index contributed by atoms with van der Waals surface area (Å²) in [5.41, 5.74) is 2.21. The fourth-order valence-corrected chi connectivity index (χ4v) is 2.99. The zero-order valence-corrected chi connectivity index (χ0v) is 15.6. The molecule has 1 aromatic heterocycles. The summed E-state index contributed by atoms with van der Waals surface area (Å²) >= 11 is 0. The SMILES string of the molecule is CCNC(=NCCc1ccc(C)nc1)N1CCCC(C(=O)OCC)C1. The van der Waals surface area contributed by atoms with E-state index in [0.29, 0.717) is 19.7 Å². The smallest absolute Gasteiger partial charge is 0.310 e. The molecule has 6 heteroatoms. The summed E-state index contributed by atoms with van der Waals surface area (Å²) < 4.78 is 5.19. The van der Waals surface area contributed by atoms with Gasteiger partial charge in [-0.05, 0) is 51.7 Å². The van der Waals surface area contributed by atoms with Gasteiger partial charge in [-0.25, -0.2) is 0 Å². The number of pyridine rings is 1. The first-order valence-electron chi connectivity index (χ1n) is 9.25. The molecule has 138 valence electrons. The molecule has 1 fully saturated rings. The Bertz CT molecular complexity index is 571. The number of rotatable bonds is 6. The van der Waals surface area contributed by atoms with Gasteiger partial charge in [0.05, 0.1) is 12.5 Å². The number of carbonyl (C=O) groups is 1. The largest absolute Gasteiger partial charge is 0.466 e. The van der Waals surface area contributed by atoms with Gasteiger partial charge in [0, 0.05) is 38.1 Å². The van der Waals surface area contributed by atoms with Crippen molar-refractivity contribution in [3.05, 3.63) is 29.6 Å². The van der Waals surface area contributed by atoms with E-state index in [-0.39, 0.29) is 11.9 Å². The van der Waals surface area contributed by atoms with Crippen LogP contribution in [0.15, 0.2) is 23.3 Å². The number of esters is 1. The molecular formula is C19H30N4O2. The minimum Gasteiger partial charge on any atom is -0.466 e. The Morgan fingerprint density at radius 2 is 2.28 bits per heavy atom. The standard InChI is InChI=1S/C19H30N4O2/c1-4-20-19(21-11-10-16-9-8-15(3)22-13-16)23-12-6-7-17(14-23)18(24)25-5-2/h8-9,13,17H,4-7,10-12,14H2,1-3H3,(H,20,21). The average Bonchev–Trinajstić information content (AvgIpc) is 2.63. The Morgan fingerprint density at radius 3 is 2.96 bits per heavy atom. The zero-order valence-electron chi connectivity index (χ0n) is 15.6. The third-order valence-corrected chi connectivity index (χ3v) is 4.31. The highest BCUT2D eigenvalue weighted by Crippen LogP contribution is 2.18. The quantitative estimate of drug-likeness (QED) is 0.486. The molecule has 0 bridgehead atoms. The molecule has 1 aromatic rings. The van der Waals surface area contributed by atoms with Crippen molar-refractivity contribution in [1.82, 2.24) is 15.2 Å². The molecule has 2 rings (SSSR count). The van der Waals surface area contributed by atoms with Crippen molar-refractivity contribution >= 4 is 11.9 Å². The minimum atomic E-state index is -0.0891. The molecule has 1 aliphatic rings. The number of carbonyl (C=O) groups excluding carboxylic acids is 1. The van der Waals surface area contributed by atoms with Crippen molar-refractivity contribution < 1.29 is 9.53 Å². The number of likely N-dealkylation sites (tertiary alicyclic amines) is 1. The number of aliphatic imine (C=N–C) groups is 1. The molecule has 1 aliphatic heterocycles.